The Balaban J connectivity index is 1.62. The Hall–Kier alpha value is -2.08. The fourth-order valence-corrected chi connectivity index (χ4v) is 3.64. The van der Waals surface area contributed by atoms with E-state index in [1.165, 1.54) is 0 Å². The van der Waals surface area contributed by atoms with Gasteiger partial charge in [0.1, 0.15) is 5.75 Å². The number of nitrogens with zero attached hydrogens (tertiary/aromatic N) is 1. The Labute approximate surface area is 163 Å². The lowest BCUT2D eigenvalue weighted by Gasteiger charge is -2.32. The molecule has 2 aliphatic heterocycles. The molecule has 0 bridgehead atoms. The second-order valence-electron chi connectivity index (χ2n) is 6.71. The van der Waals surface area contributed by atoms with Crippen molar-refractivity contribution in [3.8, 4) is 5.75 Å². The first-order valence-electron chi connectivity index (χ1n) is 9.26. The van der Waals surface area contributed by atoms with Gasteiger partial charge in [0.15, 0.2) is 0 Å². The summed E-state index contributed by atoms with van der Waals surface area (Å²) in [5.74, 6) is -0.746. The number of rotatable bonds is 5. The van der Waals surface area contributed by atoms with Crippen molar-refractivity contribution in [1.82, 2.24) is 0 Å². The van der Waals surface area contributed by atoms with Crippen molar-refractivity contribution in [1.29, 1.82) is 0 Å². The SMILES string of the molecule is CCCOc1ccc(CN2C(=O)C3(OCCCO3)c3cc(Cl)ccc32)cc1. The zero-order valence-corrected chi connectivity index (χ0v) is 16.0. The third-order valence-electron chi connectivity index (χ3n) is 4.77. The van der Waals surface area contributed by atoms with Crippen LogP contribution < -0.4 is 9.64 Å². The van der Waals surface area contributed by atoms with Crippen molar-refractivity contribution in [3.05, 3.63) is 58.6 Å². The van der Waals surface area contributed by atoms with Crippen LogP contribution >= 0.6 is 11.6 Å². The predicted molar refractivity (Wildman–Crippen MR) is 103 cm³/mol. The summed E-state index contributed by atoms with van der Waals surface area (Å²) in [7, 11) is 0. The quantitative estimate of drug-likeness (QED) is 0.768. The van der Waals surface area contributed by atoms with Gasteiger partial charge < -0.3 is 19.1 Å². The first-order valence-corrected chi connectivity index (χ1v) is 9.63. The summed E-state index contributed by atoms with van der Waals surface area (Å²) in [5, 5.41) is 0.554. The van der Waals surface area contributed by atoms with Crippen LogP contribution in [0, 0.1) is 0 Å². The number of hydrogen-bond acceptors (Lipinski definition) is 4. The van der Waals surface area contributed by atoms with Crippen molar-refractivity contribution in [2.24, 2.45) is 0 Å². The highest BCUT2D eigenvalue weighted by Crippen LogP contribution is 2.46. The van der Waals surface area contributed by atoms with E-state index < -0.39 is 5.79 Å². The molecule has 0 radical (unpaired) electrons. The van der Waals surface area contributed by atoms with Gasteiger partial charge in [-0.25, -0.2) is 0 Å². The van der Waals surface area contributed by atoms with E-state index >= 15 is 0 Å². The molecule has 142 valence electrons. The molecule has 27 heavy (non-hydrogen) atoms. The van der Waals surface area contributed by atoms with Crippen molar-refractivity contribution >= 4 is 23.2 Å². The second-order valence-corrected chi connectivity index (χ2v) is 7.15. The van der Waals surface area contributed by atoms with Crippen molar-refractivity contribution in [3.63, 3.8) is 0 Å². The number of amides is 1. The molecule has 4 rings (SSSR count). The van der Waals surface area contributed by atoms with Crippen molar-refractivity contribution in [2.75, 3.05) is 24.7 Å². The molecule has 2 aromatic carbocycles. The molecule has 1 amide bonds. The largest absolute Gasteiger partial charge is 0.494 e. The van der Waals surface area contributed by atoms with Gasteiger partial charge in [-0.15, -0.1) is 0 Å². The molecule has 0 saturated carbocycles. The number of anilines is 1. The normalized spacial score (nSPS) is 18.0. The molecule has 1 saturated heterocycles. The highest BCUT2D eigenvalue weighted by atomic mass is 35.5. The molecule has 6 heteroatoms. The summed E-state index contributed by atoms with van der Waals surface area (Å²) >= 11 is 6.19. The fourth-order valence-electron chi connectivity index (χ4n) is 3.47. The van der Waals surface area contributed by atoms with Gasteiger partial charge in [-0.05, 0) is 48.7 Å². The van der Waals surface area contributed by atoms with E-state index in [0.717, 1.165) is 29.8 Å². The third-order valence-corrected chi connectivity index (χ3v) is 5.00. The molecule has 0 N–H and O–H groups in total. The van der Waals surface area contributed by atoms with Crippen LogP contribution in [-0.2, 0) is 26.6 Å². The summed E-state index contributed by atoms with van der Waals surface area (Å²) in [6, 6.07) is 13.2. The van der Waals surface area contributed by atoms with E-state index in [4.69, 9.17) is 25.8 Å². The monoisotopic (exact) mass is 387 g/mol. The maximum atomic E-state index is 13.3. The van der Waals surface area contributed by atoms with Crippen LogP contribution in [0.25, 0.3) is 0 Å². The van der Waals surface area contributed by atoms with Gasteiger partial charge in [0, 0.05) is 10.6 Å². The van der Waals surface area contributed by atoms with Crippen LogP contribution in [-0.4, -0.2) is 25.7 Å². The van der Waals surface area contributed by atoms with Gasteiger partial charge in [0.25, 0.3) is 11.7 Å². The first-order chi connectivity index (χ1) is 13.1. The van der Waals surface area contributed by atoms with Crippen LogP contribution in [0.1, 0.15) is 30.9 Å². The molecule has 1 spiro atoms. The van der Waals surface area contributed by atoms with Gasteiger partial charge in [0.2, 0.25) is 0 Å². The molecule has 1 fully saturated rings. The van der Waals surface area contributed by atoms with Gasteiger partial charge in [-0.2, -0.15) is 0 Å². The lowest BCUT2D eigenvalue weighted by molar-refractivity contribution is -0.256. The number of carbonyl (C=O) groups excluding carboxylic acids is 1. The van der Waals surface area contributed by atoms with E-state index in [-0.39, 0.29) is 5.91 Å². The van der Waals surface area contributed by atoms with E-state index in [0.29, 0.717) is 37.0 Å². The van der Waals surface area contributed by atoms with Gasteiger partial charge in [0.05, 0.1) is 32.1 Å². The minimum absolute atomic E-state index is 0.203. The predicted octanol–water partition coefficient (Wildman–Crippen LogP) is 4.27. The Morgan fingerprint density at radius 3 is 2.59 bits per heavy atom. The Bertz CT molecular complexity index is 831. The summed E-state index contributed by atoms with van der Waals surface area (Å²) in [6.45, 7) is 4.15. The third kappa shape index (κ3) is 3.31. The number of hydrogen-bond donors (Lipinski definition) is 0. The molecular formula is C21H22ClNO4. The molecular weight excluding hydrogens is 366 g/mol. The van der Waals surface area contributed by atoms with Crippen molar-refractivity contribution < 1.29 is 19.0 Å². The number of ether oxygens (including phenoxy) is 3. The number of halogens is 1. The molecule has 2 aromatic rings. The van der Waals surface area contributed by atoms with Crippen LogP contribution in [0.2, 0.25) is 5.02 Å². The number of fused-ring (bicyclic) bond motifs is 2. The topological polar surface area (TPSA) is 48.0 Å². The summed E-state index contributed by atoms with van der Waals surface area (Å²) in [5.41, 5.74) is 2.46. The first kappa shape index (κ1) is 18.3. The van der Waals surface area contributed by atoms with Crippen LogP contribution in [0.4, 0.5) is 5.69 Å². The summed E-state index contributed by atoms with van der Waals surface area (Å²) in [4.78, 5) is 15.0. The molecule has 5 nitrogen and oxygen atoms in total. The molecule has 2 heterocycles. The Kier molecular flexibility index (Phi) is 5.08. The number of benzene rings is 2. The fraction of sp³-hybridized carbons (Fsp3) is 0.381. The maximum Gasteiger partial charge on any atom is 0.292 e. The van der Waals surface area contributed by atoms with Crippen LogP contribution in [0.15, 0.2) is 42.5 Å². The lowest BCUT2D eigenvalue weighted by Crippen LogP contribution is -2.47. The minimum atomic E-state index is -1.37. The average Bonchev–Trinajstić information content (AvgIpc) is 2.90. The summed E-state index contributed by atoms with van der Waals surface area (Å²) < 4.78 is 17.3. The highest BCUT2D eigenvalue weighted by Gasteiger charge is 2.54. The van der Waals surface area contributed by atoms with Gasteiger partial charge in [-0.1, -0.05) is 30.7 Å². The van der Waals surface area contributed by atoms with Crippen molar-refractivity contribution in [2.45, 2.75) is 32.1 Å². The molecule has 2 aliphatic rings. The van der Waals surface area contributed by atoms with E-state index in [1.807, 2.05) is 30.3 Å². The standard InChI is InChI=1S/C21H22ClNO4/c1-2-10-25-17-7-4-15(5-8-17)14-23-19-9-6-16(22)13-18(19)21(20(23)24)26-11-3-12-27-21/h4-9,13H,2-3,10-12,14H2,1H3. The molecule has 0 aromatic heterocycles. The Morgan fingerprint density at radius 1 is 1.15 bits per heavy atom. The van der Waals surface area contributed by atoms with E-state index in [1.54, 1.807) is 17.0 Å². The van der Waals surface area contributed by atoms with E-state index in [2.05, 4.69) is 6.92 Å². The molecule has 0 atom stereocenters. The number of carbonyl (C=O) groups is 1. The minimum Gasteiger partial charge on any atom is -0.494 e. The average molecular weight is 388 g/mol. The van der Waals surface area contributed by atoms with E-state index in [9.17, 15) is 4.79 Å². The van der Waals surface area contributed by atoms with Gasteiger partial charge in [-0.3, -0.25) is 4.79 Å². The zero-order valence-electron chi connectivity index (χ0n) is 15.2. The smallest absolute Gasteiger partial charge is 0.292 e. The molecule has 0 aliphatic carbocycles. The van der Waals surface area contributed by atoms with Gasteiger partial charge >= 0.3 is 0 Å². The Morgan fingerprint density at radius 2 is 1.89 bits per heavy atom. The second kappa shape index (κ2) is 7.50. The van der Waals surface area contributed by atoms with Crippen LogP contribution in [0.5, 0.6) is 5.75 Å². The lowest BCUT2D eigenvalue weighted by atomic mass is 10.1. The highest BCUT2D eigenvalue weighted by molar-refractivity contribution is 6.31. The zero-order chi connectivity index (χ0) is 18.9. The van der Waals surface area contributed by atoms with Crippen LogP contribution in [0.3, 0.4) is 0 Å². The maximum absolute atomic E-state index is 13.3. The molecule has 0 unspecified atom stereocenters. The summed E-state index contributed by atoms with van der Waals surface area (Å²) in [6.07, 6.45) is 1.73.